The molecule has 0 aliphatic heterocycles. The second-order valence-electron chi connectivity index (χ2n) is 5.83. The number of carbonyl (C=O) groups is 1. The molecule has 0 saturated carbocycles. The minimum atomic E-state index is -1.88. The van der Waals surface area contributed by atoms with E-state index in [1.54, 1.807) is 6.07 Å². The molecule has 1 amide bonds. The maximum Gasteiger partial charge on any atom is 0.336 e. The molecule has 0 spiro atoms. The molecule has 2 N–H and O–H groups in total. The molecule has 1 rings (SSSR count). The van der Waals surface area contributed by atoms with Gasteiger partial charge in [-0.25, -0.2) is 0 Å². The highest BCUT2D eigenvalue weighted by Gasteiger charge is 2.40. The van der Waals surface area contributed by atoms with E-state index in [2.05, 4.69) is 33.9 Å². The highest BCUT2D eigenvalue weighted by molar-refractivity contribution is 7.29. The Labute approximate surface area is 111 Å². The normalized spacial score (nSPS) is 12.5. The van der Waals surface area contributed by atoms with Crippen LogP contribution in [0.3, 0.4) is 0 Å². The van der Waals surface area contributed by atoms with Crippen molar-refractivity contribution >= 4 is 34.8 Å². The fourth-order valence-electron chi connectivity index (χ4n) is 1.37. The van der Waals surface area contributed by atoms with Crippen molar-refractivity contribution in [3.8, 4) is 0 Å². The van der Waals surface area contributed by atoms with Gasteiger partial charge in [-0.1, -0.05) is 45.2 Å². The van der Waals surface area contributed by atoms with E-state index in [0.29, 0.717) is 0 Å². The van der Waals surface area contributed by atoms with Crippen molar-refractivity contribution in [3.05, 3.63) is 21.7 Å². The number of nitrogens with zero attached hydrogens (tertiary/aromatic N) is 1. The largest absolute Gasteiger partial charge is 0.365 e. The molecule has 7 heteroatoms. The predicted molar refractivity (Wildman–Crippen MR) is 76.3 cm³/mol. The summed E-state index contributed by atoms with van der Waals surface area (Å²) < 4.78 is 0.940. The number of rotatable bonds is 3. The van der Waals surface area contributed by atoms with Gasteiger partial charge in [0.15, 0.2) is 0 Å². The molecule has 0 aliphatic rings. The minimum Gasteiger partial charge on any atom is -0.365 e. The van der Waals surface area contributed by atoms with Crippen LogP contribution in [-0.2, 0) is 0 Å². The molecular formula is C11H18N2O3SSi. The lowest BCUT2D eigenvalue weighted by Gasteiger charge is -2.35. The minimum absolute atomic E-state index is 0.0322. The second-order valence-corrected chi connectivity index (χ2v) is 12.5. The summed E-state index contributed by atoms with van der Waals surface area (Å²) in [7, 11) is -1.88. The topological polar surface area (TPSA) is 86.2 Å². The maximum absolute atomic E-state index is 11.3. The number of primary amides is 1. The third-order valence-corrected chi connectivity index (χ3v) is 11.5. The van der Waals surface area contributed by atoms with Crippen molar-refractivity contribution in [1.29, 1.82) is 0 Å². The van der Waals surface area contributed by atoms with Gasteiger partial charge in [0.25, 0.3) is 5.91 Å². The first kappa shape index (κ1) is 14.8. The van der Waals surface area contributed by atoms with Gasteiger partial charge in [0.2, 0.25) is 0 Å². The van der Waals surface area contributed by atoms with Gasteiger partial charge in [0.1, 0.15) is 5.56 Å². The van der Waals surface area contributed by atoms with Gasteiger partial charge < -0.3 is 5.73 Å². The van der Waals surface area contributed by atoms with E-state index in [9.17, 15) is 14.9 Å². The zero-order valence-corrected chi connectivity index (χ0v) is 13.1. The maximum atomic E-state index is 11.3. The Hall–Kier alpha value is -1.21. The van der Waals surface area contributed by atoms with Gasteiger partial charge in [0, 0.05) is 0 Å². The van der Waals surface area contributed by atoms with Crippen LogP contribution in [0, 0.1) is 10.1 Å². The predicted octanol–water partition coefficient (Wildman–Crippen LogP) is 2.47. The molecule has 1 heterocycles. The Morgan fingerprint density at radius 2 is 1.94 bits per heavy atom. The third kappa shape index (κ3) is 2.46. The summed E-state index contributed by atoms with van der Waals surface area (Å²) in [4.78, 5) is 21.7. The molecule has 5 nitrogen and oxygen atoms in total. The van der Waals surface area contributed by atoms with Crippen molar-refractivity contribution in [2.24, 2.45) is 5.73 Å². The number of carbonyl (C=O) groups excluding carboxylic acids is 1. The molecule has 0 unspecified atom stereocenters. The fourth-order valence-corrected chi connectivity index (χ4v) is 5.57. The van der Waals surface area contributed by atoms with Gasteiger partial charge in [0.05, 0.1) is 13.0 Å². The smallest absolute Gasteiger partial charge is 0.336 e. The lowest BCUT2D eigenvalue weighted by Crippen LogP contribution is -2.47. The molecule has 1 aromatic rings. The standard InChI is InChI=1S/C11H18N2O3SSi/c1-11(2,3)18(4,5)8-6-7(9(12)14)10(17-8)13(15)16/h6H,1-5H3,(H2,12,14). The monoisotopic (exact) mass is 286 g/mol. The molecule has 0 saturated heterocycles. The van der Waals surface area contributed by atoms with Gasteiger partial charge in [-0.15, -0.1) is 0 Å². The van der Waals surface area contributed by atoms with E-state index in [1.807, 2.05) is 0 Å². The lowest BCUT2D eigenvalue weighted by molar-refractivity contribution is -0.380. The van der Waals surface area contributed by atoms with Crippen LogP contribution in [0.4, 0.5) is 5.00 Å². The quantitative estimate of drug-likeness (QED) is 0.526. The van der Waals surface area contributed by atoms with Crippen LogP contribution in [0.2, 0.25) is 18.1 Å². The second kappa shape index (κ2) is 4.47. The van der Waals surface area contributed by atoms with Gasteiger partial charge in [-0.2, -0.15) is 0 Å². The van der Waals surface area contributed by atoms with Crippen LogP contribution in [0.1, 0.15) is 31.1 Å². The summed E-state index contributed by atoms with van der Waals surface area (Å²) in [6.07, 6.45) is 0. The summed E-state index contributed by atoms with van der Waals surface area (Å²) in [5.41, 5.74) is 5.23. The van der Waals surface area contributed by atoms with Crippen LogP contribution in [0.5, 0.6) is 0 Å². The zero-order valence-electron chi connectivity index (χ0n) is 11.2. The van der Waals surface area contributed by atoms with Crippen molar-refractivity contribution in [1.82, 2.24) is 0 Å². The van der Waals surface area contributed by atoms with Crippen molar-refractivity contribution in [2.75, 3.05) is 0 Å². The first-order valence-corrected chi connectivity index (χ1v) is 9.38. The highest BCUT2D eigenvalue weighted by Crippen LogP contribution is 2.38. The number of hydrogen-bond acceptors (Lipinski definition) is 4. The number of amides is 1. The molecule has 100 valence electrons. The summed E-state index contributed by atoms with van der Waals surface area (Å²) in [5, 5.41) is 10.9. The summed E-state index contributed by atoms with van der Waals surface area (Å²) in [5.74, 6) is -0.733. The van der Waals surface area contributed by atoms with Crippen molar-refractivity contribution < 1.29 is 9.72 Å². The molecule has 0 fully saturated rings. The fraction of sp³-hybridized carbons (Fsp3) is 0.545. The molecule has 0 aliphatic carbocycles. The number of thiophene rings is 1. The Morgan fingerprint density at radius 3 is 2.22 bits per heavy atom. The first-order valence-electron chi connectivity index (χ1n) is 5.57. The average molecular weight is 286 g/mol. The van der Waals surface area contributed by atoms with Crippen molar-refractivity contribution in [2.45, 2.75) is 38.9 Å². The summed E-state index contributed by atoms with van der Waals surface area (Å²) >= 11 is 1.09. The molecule has 0 atom stereocenters. The highest BCUT2D eigenvalue weighted by atomic mass is 32.1. The van der Waals surface area contributed by atoms with Crippen LogP contribution >= 0.6 is 11.3 Å². The van der Waals surface area contributed by atoms with E-state index in [-0.39, 0.29) is 15.6 Å². The third-order valence-electron chi connectivity index (χ3n) is 3.63. The molecule has 0 bridgehead atoms. The van der Waals surface area contributed by atoms with Gasteiger partial charge in [-0.3, -0.25) is 14.9 Å². The Balaban J connectivity index is 3.42. The van der Waals surface area contributed by atoms with Gasteiger partial charge >= 0.3 is 5.00 Å². The molecule has 1 aromatic heterocycles. The molecule has 18 heavy (non-hydrogen) atoms. The number of nitrogens with two attached hydrogens (primary N) is 1. The lowest BCUT2D eigenvalue weighted by atomic mass is 10.2. The number of hydrogen-bond donors (Lipinski definition) is 1. The van der Waals surface area contributed by atoms with Gasteiger partial charge in [-0.05, 0) is 15.6 Å². The van der Waals surface area contributed by atoms with Crippen molar-refractivity contribution in [3.63, 3.8) is 0 Å². The number of nitro groups is 1. The van der Waals surface area contributed by atoms with Crippen LogP contribution in [0.15, 0.2) is 6.07 Å². The average Bonchev–Trinajstić information content (AvgIpc) is 2.60. The van der Waals surface area contributed by atoms with E-state index < -0.39 is 18.9 Å². The van der Waals surface area contributed by atoms with E-state index in [4.69, 9.17) is 5.73 Å². The first-order chi connectivity index (χ1) is 7.98. The summed E-state index contributed by atoms with van der Waals surface area (Å²) in [6, 6.07) is 1.61. The van der Waals surface area contributed by atoms with Crippen LogP contribution < -0.4 is 10.2 Å². The van der Waals surface area contributed by atoms with Crippen LogP contribution in [0.25, 0.3) is 0 Å². The Bertz CT molecular complexity index is 471. The summed E-state index contributed by atoms with van der Waals surface area (Å²) in [6.45, 7) is 10.7. The molecule has 0 radical (unpaired) electrons. The van der Waals surface area contributed by atoms with E-state index in [0.717, 1.165) is 15.8 Å². The molecule has 0 aromatic carbocycles. The van der Waals surface area contributed by atoms with E-state index in [1.165, 1.54) is 0 Å². The SMILES string of the molecule is CC(C)(C)[Si](C)(C)c1cc(C(N)=O)c([N+](=O)[O-])s1. The Kier molecular flexibility index (Phi) is 3.69. The zero-order chi connectivity index (χ0) is 14.3. The Morgan fingerprint density at radius 1 is 1.44 bits per heavy atom. The van der Waals surface area contributed by atoms with E-state index >= 15 is 0 Å². The van der Waals surface area contributed by atoms with Crippen LogP contribution in [-0.4, -0.2) is 18.9 Å². The molecular weight excluding hydrogens is 268 g/mol.